The minimum Gasteiger partial charge on any atom is -0.493 e. The molecule has 0 saturated heterocycles. The minimum absolute atomic E-state index is 0.200. The van der Waals surface area contributed by atoms with Crippen molar-refractivity contribution in [2.24, 2.45) is 0 Å². The van der Waals surface area contributed by atoms with E-state index in [-0.39, 0.29) is 19.0 Å². The van der Waals surface area contributed by atoms with Crippen molar-refractivity contribution in [1.82, 2.24) is 0 Å². The molecule has 158 valence electrons. The van der Waals surface area contributed by atoms with Crippen LogP contribution in [0.3, 0.4) is 0 Å². The number of rotatable bonds is 11. The molecule has 0 aliphatic carbocycles. The second-order valence-corrected chi connectivity index (χ2v) is 7.81. The van der Waals surface area contributed by atoms with Crippen LogP contribution >= 0.6 is 11.8 Å². The van der Waals surface area contributed by atoms with Gasteiger partial charge in [0.05, 0.1) is 32.6 Å². The topological polar surface area (TPSA) is 65.0 Å². The lowest BCUT2D eigenvalue weighted by Gasteiger charge is -2.17. The smallest absolute Gasteiger partial charge is 0.309 e. The molecule has 0 aliphatic rings. The Morgan fingerprint density at radius 1 is 0.966 bits per heavy atom. The molecule has 0 spiro atoms. The first kappa shape index (κ1) is 23.1. The number of carbonyl (C=O) groups excluding carboxylic acids is 1. The van der Waals surface area contributed by atoms with Crippen molar-refractivity contribution in [1.29, 1.82) is 0 Å². The number of hydrogen-bond acceptors (Lipinski definition) is 6. The number of esters is 1. The van der Waals surface area contributed by atoms with Gasteiger partial charge in [0.1, 0.15) is 0 Å². The standard InChI is InChI=1S/C23H30O5S/c1-16-12-13-20(23(28-4)22(16)27-3)29-19-11-8-9-17(15-21(25)26-2)18(19)10-6-5-7-14-24/h8-9,11-13,24H,5-7,10,14-15H2,1-4H3. The molecular weight excluding hydrogens is 388 g/mol. The molecule has 2 aromatic carbocycles. The van der Waals surface area contributed by atoms with Gasteiger partial charge in [0.2, 0.25) is 0 Å². The first-order valence-electron chi connectivity index (χ1n) is 9.73. The molecule has 0 aromatic heterocycles. The molecule has 2 rings (SSSR count). The highest BCUT2D eigenvalue weighted by Crippen LogP contribution is 2.44. The molecule has 2 aromatic rings. The molecule has 0 aliphatic heterocycles. The summed E-state index contributed by atoms with van der Waals surface area (Å²) in [7, 11) is 4.69. The minimum atomic E-state index is -0.252. The Kier molecular flexibility index (Phi) is 9.35. The van der Waals surface area contributed by atoms with Gasteiger partial charge in [-0.2, -0.15) is 0 Å². The van der Waals surface area contributed by atoms with Gasteiger partial charge >= 0.3 is 5.97 Å². The lowest BCUT2D eigenvalue weighted by molar-refractivity contribution is -0.139. The molecule has 0 saturated carbocycles. The highest BCUT2D eigenvalue weighted by Gasteiger charge is 2.17. The Morgan fingerprint density at radius 3 is 2.38 bits per heavy atom. The van der Waals surface area contributed by atoms with Crippen molar-refractivity contribution >= 4 is 17.7 Å². The van der Waals surface area contributed by atoms with E-state index in [1.54, 1.807) is 26.0 Å². The maximum atomic E-state index is 11.9. The summed E-state index contributed by atoms with van der Waals surface area (Å²) >= 11 is 1.61. The quantitative estimate of drug-likeness (QED) is 0.426. The SMILES string of the molecule is COC(=O)Cc1cccc(Sc2ccc(C)c(OC)c2OC)c1CCCCCO. The Bertz CT molecular complexity index is 819. The molecule has 0 radical (unpaired) electrons. The summed E-state index contributed by atoms with van der Waals surface area (Å²) in [6.07, 6.45) is 3.75. The van der Waals surface area contributed by atoms with Gasteiger partial charge in [0.25, 0.3) is 0 Å². The van der Waals surface area contributed by atoms with Crippen molar-refractivity contribution in [2.75, 3.05) is 27.9 Å². The van der Waals surface area contributed by atoms with Gasteiger partial charge in [-0.1, -0.05) is 36.4 Å². The van der Waals surface area contributed by atoms with E-state index >= 15 is 0 Å². The Hall–Kier alpha value is -2.18. The fourth-order valence-electron chi connectivity index (χ4n) is 3.26. The van der Waals surface area contributed by atoms with E-state index in [0.717, 1.165) is 57.9 Å². The van der Waals surface area contributed by atoms with E-state index in [4.69, 9.17) is 19.3 Å². The maximum Gasteiger partial charge on any atom is 0.309 e. The summed E-state index contributed by atoms with van der Waals surface area (Å²) in [5.74, 6) is 1.19. The lowest BCUT2D eigenvalue weighted by atomic mass is 9.99. The van der Waals surface area contributed by atoms with E-state index in [1.165, 1.54) is 7.11 Å². The van der Waals surface area contributed by atoms with Crippen LogP contribution in [0.5, 0.6) is 11.5 Å². The number of methoxy groups -OCH3 is 3. The van der Waals surface area contributed by atoms with E-state index in [0.29, 0.717) is 5.75 Å². The maximum absolute atomic E-state index is 11.9. The summed E-state index contributed by atoms with van der Waals surface area (Å²) in [6.45, 7) is 2.19. The van der Waals surface area contributed by atoms with E-state index in [9.17, 15) is 4.79 Å². The van der Waals surface area contributed by atoms with Crippen molar-refractivity contribution in [3.63, 3.8) is 0 Å². The summed E-state index contributed by atoms with van der Waals surface area (Å²) in [4.78, 5) is 13.9. The van der Waals surface area contributed by atoms with Crippen LogP contribution in [0.25, 0.3) is 0 Å². The molecule has 1 N–H and O–H groups in total. The van der Waals surface area contributed by atoms with Crippen LogP contribution in [0, 0.1) is 6.92 Å². The Morgan fingerprint density at radius 2 is 1.72 bits per heavy atom. The molecule has 5 nitrogen and oxygen atoms in total. The van der Waals surface area contributed by atoms with E-state index in [1.807, 2.05) is 31.2 Å². The van der Waals surface area contributed by atoms with Crippen molar-refractivity contribution < 1.29 is 24.1 Å². The number of hydrogen-bond donors (Lipinski definition) is 1. The molecule has 0 unspecified atom stereocenters. The van der Waals surface area contributed by atoms with Crippen LogP contribution in [0.1, 0.15) is 36.0 Å². The molecule has 0 amide bonds. The van der Waals surface area contributed by atoms with Gasteiger partial charge in [-0.05, 0) is 55.0 Å². The molecule has 0 heterocycles. The van der Waals surface area contributed by atoms with Gasteiger partial charge in [0, 0.05) is 11.5 Å². The van der Waals surface area contributed by atoms with Gasteiger partial charge in [-0.25, -0.2) is 0 Å². The molecule has 6 heteroatoms. The van der Waals surface area contributed by atoms with Crippen LogP contribution in [0.4, 0.5) is 0 Å². The third-order valence-corrected chi connectivity index (χ3v) is 5.92. The van der Waals surface area contributed by atoms with Crippen LogP contribution in [0.15, 0.2) is 40.1 Å². The predicted octanol–water partition coefficient (Wildman–Crippen LogP) is 4.58. The van der Waals surface area contributed by atoms with E-state index in [2.05, 4.69) is 6.07 Å². The third-order valence-electron chi connectivity index (χ3n) is 4.78. The zero-order chi connectivity index (χ0) is 21.2. The van der Waals surface area contributed by atoms with Crippen LogP contribution in [0.2, 0.25) is 0 Å². The number of benzene rings is 2. The monoisotopic (exact) mass is 418 g/mol. The Balaban J connectivity index is 2.40. The first-order chi connectivity index (χ1) is 14.0. The summed E-state index contributed by atoms with van der Waals surface area (Å²) in [6, 6.07) is 10.1. The molecule has 0 bridgehead atoms. The normalized spacial score (nSPS) is 10.7. The largest absolute Gasteiger partial charge is 0.493 e. The zero-order valence-corrected chi connectivity index (χ0v) is 18.4. The highest BCUT2D eigenvalue weighted by atomic mass is 32.2. The lowest BCUT2D eigenvalue weighted by Crippen LogP contribution is -2.08. The summed E-state index contributed by atoms with van der Waals surface area (Å²) in [5.41, 5.74) is 3.13. The molecule has 29 heavy (non-hydrogen) atoms. The second kappa shape index (κ2) is 11.7. The van der Waals surface area contributed by atoms with Crippen molar-refractivity contribution in [2.45, 2.75) is 48.8 Å². The van der Waals surface area contributed by atoms with Crippen molar-refractivity contribution in [3.05, 3.63) is 47.0 Å². The highest BCUT2D eigenvalue weighted by molar-refractivity contribution is 7.99. The van der Waals surface area contributed by atoms with Crippen LogP contribution in [-0.2, 0) is 22.4 Å². The van der Waals surface area contributed by atoms with Crippen LogP contribution in [-0.4, -0.2) is 39.0 Å². The second-order valence-electron chi connectivity index (χ2n) is 6.73. The van der Waals surface area contributed by atoms with Gasteiger partial charge in [0.15, 0.2) is 11.5 Å². The summed E-state index contributed by atoms with van der Waals surface area (Å²) in [5, 5.41) is 9.06. The number of aliphatic hydroxyl groups is 1. The first-order valence-corrected chi connectivity index (χ1v) is 10.5. The van der Waals surface area contributed by atoms with Crippen molar-refractivity contribution in [3.8, 4) is 11.5 Å². The van der Waals surface area contributed by atoms with Gasteiger partial charge in [-0.15, -0.1) is 0 Å². The van der Waals surface area contributed by atoms with Crippen LogP contribution < -0.4 is 9.47 Å². The van der Waals surface area contributed by atoms with Gasteiger partial charge < -0.3 is 19.3 Å². The molecular formula is C23H30O5S. The average molecular weight is 419 g/mol. The number of carbonyl (C=O) groups is 1. The summed E-state index contributed by atoms with van der Waals surface area (Å²) < 4.78 is 16.0. The van der Waals surface area contributed by atoms with E-state index < -0.39 is 0 Å². The third kappa shape index (κ3) is 6.15. The average Bonchev–Trinajstić information content (AvgIpc) is 2.73. The fraction of sp³-hybridized carbons (Fsp3) is 0.435. The molecule has 0 fully saturated rings. The molecule has 0 atom stereocenters. The van der Waals surface area contributed by atoms with Gasteiger partial charge in [-0.3, -0.25) is 4.79 Å². The zero-order valence-electron chi connectivity index (χ0n) is 17.6. The predicted molar refractivity (Wildman–Crippen MR) is 115 cm³/mol. The Labute approximate surface area is 177 Å². The number of aliphatic hydroxyl groups excluding tert-OH is 1. The number of ether oxygens (including phenoxy) is 3. The fourth-order valence-corrected chi connectivity index (χ4v) is 4.41. The number of aryl methyl sites for hydroxylation is 1. The number of unbranched alkanes of at least 4 members (excludes halogenated alkanes) is 2.